The van der Waals surface area contributed by atoms with Crippen LogP contribution in [0.4, 0.5) is 0 Å². The standard InChI is InChI=1S/C23H36O3/c1-5-23(26-15(2)24)13-12-21(3)16(14-23)6-7-17-18-8-9-20(25)22(18,4)11-10-19(17)21/h8-9,16-20,25H,5-7,10-14H2,1-4H3/t16-,17-,18-,19-,20-,21-,22-,23-/m0/s1. The molecule has 0 bridgehead atoms. The molecule has 3 nitrogen and oxygen atoms in total. The van der Waals surface area contributed by atoms with Crippen LogP contribution in [0.2, 0.25) is 0 Å². The van der Waals surface area contributed by atoms with Crippen molar-refractivity contribution in [3.8, 4) is 0 Å². The van der Waals surface area contributed by atoms with Crippen molar-refractivity contribution in [2.45, 2.75) is 90.8 Å². The van der Waals surface area contributed by atoms with Gasteiger partial charge in [-0.25, -0.2) is 0 Å². The fourth-order valence-electron chi connectivity index (χ4n) is 7.53. The Hall–Kier alpha value is -0.830. The minimum atomic E-state index is -0.262. The predicted molar refractivity (Wildman–Crippen MR) is 102 cm³/mol. The van der Waals surface area contributed by atoms with E-state index in [1.807, 2.05) is 0 Å². The van der Waals surface area contributed by atoms with Crippen LogP contribution in [0.25, 0.3) is 0 Å². The molecule has 26 heavy (non-hydrogen) atoms. The number of hydrogen-bond donors (Lipinski definition) is 1. The van der Waals surface area contributed by atoms with Gasteiger partial charge in [0, 0.05) is 12.3 Å². The molecule has 0 heterocycles. The lowest BCUT2D eigenvalue weighted by molar-refractivity contribution is -0.183. The molecule has 0 unspecified atom stereocenters. The lowest BCUT2D eigenvalue weighted by Crippen LogP contribution is -2.56. The highest BCUT2D eigenvalue weighted by atomic mass is 16.6. The first-order chi connectivity index (χ1) is 12.2. The zero-order chi connectivity index (χ0) is 18.7. The second kappa shape index (κ2) is 6.09. The topological polar surface area (TPSA) is 46.5 Å². The van der Waals surface area contributed by atoms with Crippen molar-refractivity contribution in [2.75, 3.05) is 0 Å². The van der Waals surface area contributed by atoms with E-state index in [0.29, 0.717) is 23.2 Å². The van der Waals surface area contributed by atoms with Crippen LogP contribution in [0.3, 0.4) is 0 Å². The van der Waals surface area contributed by atoms with Crippen molar-refractivity contribution in [1.82, 2.24) is 0 Å². The Morgan fingerprint density at radius 1 is 1.12 bits per heavy atom. The molecule has 0 aliphatic heterocycles. The van der Waals surface area contributed by atoms with Gasteiger partial charge in [-0.3, -0.25) is 4.79 Å². The minimum Gasteiger partial charge on any atom is -0.459 e. The zero-order valence-corrected chi connectivity index (χ0v) is 17.0. The van der Waals surface area contributed by atoms with Gasteiger partial charge in [0.25, 0.3) is 0 Å². The molecule has 0 spiro atoms. The maximum Gasteiger partial charge on any atom is 0.303 e. The van der Waals surface area contributed by atoms with Crippen molar-refractivity contribution >= 4 is 5.97 Å². The summed E-state index contributed by atoms with van der Waals surface area (Å²) in [7, 11) is 0. The summed E-state index contributed by atoms with van der Waals surface area (Å²) in [6.45, 7) is 8.56. The molecular formula is C23H36O3. The third-order valence-corrected chi connectivity index (χ3v) is 9.28. The molecule has 4 rings (SSSR count). The first-order valence-corrected chi connectivity index (χ1v) is 10.8. The molecule has 0 aromatic rings. The number of ether oxygens (including phenoxy) is 1. The van der Waals surface area contributed by atoms with Crippen LogP contribution in [0.15, 0.2) is 12.2 Å². The van der Waals surface area contributed by atoms with E-state index in [0.717, 1.165) is 31.6 Å². The van der Waals surface area contributed by atoms with Gasteiger partial charge in [-0.05, 0) is 80.5 Å². The molecule has 4 aliphatic rings. The highest BCUT2D eigenvalue weighted by molar-refractivity contribution is 5.66. The summed E-state index contributed by atoms with van der Waals surface area (Å²) in [6, 6.07) is 0. The quantitative estimate of drug-likeness (QED) is 0.564. The second-order valence-corrected chi connectivity index (χ2v) is 10.3. The molecule has 0 saturated heterocycles. The summed E-state index contributed by atoms with van der Waals surface area (Å²) >= 11 is 0. The largest absolute Gasteiger partial charge is 0.459 e. The molecule has 4 aliphatic carbocycles. The second-order valence-electron chi connectivity index (χ2n) is 10.3. The van der Waals surface area contributed by atoms with Crippen molar-refractivity contribution < 1.29 is 14.6 Å². The van der Waals surface area contributed by atoms with Gasteiger partial charge in [-0.2, -0.15) is 0 Å². The van der Waals surface area contributed by atoms with Gasteiger partial charge in [0.05, 0.1) is 6.10 Å². The van der Waals surface area contributed by atoms with Crippen molar-refractivity contribution in [2.24, 2.45) is 34.5 Å². The third kappa shape index (κ3) is 2.52. The summed E-state index contributed by atoms with van der Waals surface area (Å²) in [5.41, 5.74) is 0.198. The van der Waals surface area contributed by atoms with Crippen molar-refractivity contribution in [3.05, 3.63) is 12.2 Å². The Balaban J connectivity index is 1.58. The molecule has 3 heteroatoms. The number of rotatable bonds is 2. The fraction of sp³-hybridized carbons (Fsp3) is 0.870. The van der Waals surface area contributed by atoms with E-state index in [1.165, 1.54) is 25.7 Å². The molecule has 146 valence electrons. The molecule has 3 saturated carbocycles. The van der Waals surface area contributed by atoms with Gasteiger partial charge in [-0.15, -0.1) is 0 Å². The van der Waals surface area contributed by atoms with E-state index in [4.69, 9.17) is 4.74 Å². The molecular weight excluding hydrogens is 324 g/mol. The average Bonchev–Trinajstić information content (AvgIpc) is 2.90. The summed E-state index contributed by atoms with van der Waals surface area (Å²) in [6.07, 6.45) is 13.2. The molecule has 3 fully saturated rings. The number of esters is 1. The first kappa shape index (κ1) is 18.5. The van der Waals surface area contributed by atoms with Crippen LogP contribution in [0.1, 0.15) is 79.1 Å². The van der Waals surface area contributed by atoms with E-state index in [-0.39, 0.29) is 23.1 Å². The summed E-state index contributed by atoms with van der Waals surface area (Å²) < 4.78 is 5.87. The molecule has 0 radical (unpaired) electrons. The Bertz CT molecular complexity index is 613. The van der Waals surface area contributed by atoms with Gasteiger partial charge in [0.1, 0.15) is 5.60 Å². The van der Waals surface area contributed by atoms with Gasteiger partial charge in [0.2, 0.25) is 0 Å². The molecule has 0 aromatic heterocycles. The van der Waals surface area contributed by atoms with E-state index in [2.05, 4.69) is 32.9 Å². The Labute approximate surface area is 158 Å². The monoisotopic (exact) mass is 360 g/mol. The number of fused-ring (bicyclic) bond motifs is 5. The SMILES string of the molecule is CC[C@]1(OC(C)=O)CC[C@@]2(C)[C@@H](CC[C@H]3[C@@H]4C=C[C@H](O)[C@@]4(C)CC[C@@H]32)C1. The van der Waals surface area contributed by atoms with Gasteiger partial charge in [-0.1, -0.05) is 32.9 Å². The summed E-state index contributed by atoms with van der Waals surface area (Å²) in [5, 5.41) is 10.5. The van der Waals surface area contributed by atoms with E-state index in [1.54, 1.807) is 6.92 Å². The van der Waals surface area contributed by atoms with Crippen LogP contribution < -0.4 is 0 Å². The average molecular weight is 361 g/mol. The number of aliphatic hydroxyl groups excluding tert-OH is 1. The van der Waals surface area contributed by atoms with Crippen molar-refractivity contribution in [3.63, 3.8) is 0 Å². The minimum absolute atomic E-state index is 0.0595. The Morgan fingerprint density at radius 3 is 2.58 bits per heavy atom. The van der Waals surface area contributed by atoms with E-state index in [9.17, 15) is 9.90 Å². The summed E-state index contributed by atoms with van der Waals surface area (Å²) in [5.74, 6) is 2.55. The molecule has 0 aromatic carbocycles. The van der Waals surface area contributed by atoms with Gasteiger partial charge < -0.3 is 9.84 Å². The van der Waals surface area contributed by atoms with Crippen LogP contribution in [0, 0.1) is 34.5 Å². The highest BCUT2D eigenvalue weighted by Crippen LogP contribution is 2.66. The van der Waals surface area contributed by atoms with E-state index < -0.39 is 0 Å². The molecule has 1 N–H and O–H groups in total. The highest BCUT2D eigenvalue weighted by Gasteiger charge is 2.60. The number of aliphatic hydroxyl groups is 1. The Kier molecular flexibility index (Phi) is 4.34. The number of carbonyl (C=O) groups is 1. The van der Waals surface area contributed by atoms with Crippen LogP contribution in [-0.4, -0.2) is 22.8 Å². The normalized spacial score (nSPS) is 52.7. The van der Waals surface area contributed by atoms with Crippen LogP contribution >= 0.6 is 0 Å². The lowest BCUT2D eigenvalue weighted by atomic mass is 9.44. The lowest BCUT2D eigenvalue weighted by Gasteiger charge is -2.62. The van der Waals surface area contributed by atoms with Crippen LogP contribution in [-0.2, 0) is 9.53 Å². The third-order valence-electron chi connectivity index (χ3n) is 9.28. The van der Waals surface area contributed by atoms with Crippen LogP contribution in [0.5, 0.6) is 0 Å². The van der Waals surface area contributed by atoms with Gasteiger partial charge in [0.15, 0.2) is 0 Å². The maximum absolute atomic E-state index is 11.7. The fourth-order valence-corrected chi connectivity index (χ4v) is 7.53. The predicted octanol–water partition coefficient (Wildman–Crippen LogP) is 4.88. The van der Waals surface area contributed by atoms with Gasteiger partial charge >= 0.3 is 5.97 Å². The molecule has 0 amide bonds. The van der Waals surface area contributed by atoms with E-state index >= 15 is 0 Å². The summed E-state index contributed by atoms with van der Waals surface area (Å²) in [4.78, 5) is 11.7. The number of allylic oxidation sites excluding steroid dienone is 1. The zero-order valence-electron chi connectivity index (χ0n) is 17.0. The molecule has 8 atom stereocenters. The van der Waals surface area contributed by atoms with Crippen molar-refractivity contribution in [1.29, 1.82) is 0 Å². The smallest absolute Gasteiger partial charge is 0.303 e. The Morgan fingerprint density at radius 2 is 1.88 bits per heavy atom. The first-order valence-electron chi connectivity index (χ1n) is 10.8. The number of hydrogen-bond acceptors (Lipinski definition) is 3. The number of carbonyl (C=O) groups excluding carboxylic acids is 1. The maximum atomic E-state index is 11.7.